The quantitative estimate of drug-likeness (QED) is 0.0557. The molecule has 2 aromatic rings. The molecule has 3 unspecified atom stereocenters. The van der Waals surface area contributed by atoms with Crippen LogP contribution in [0.4, 0.5) is 0 Å². The number of unbranched alkanes of at least 4 members (excludes halogenated alkanes) is 1. The van der Waals surface area contributed by atoms with Gasteiger partial charge in [0.25, 0.3) is 0 Å². The maximum absolute atomic E-state index is 13.6. The minimum absolute atomic E-state index is 0.0629. The van der Waals surface area contributed by atoms with Crippen LogP contribution in [0.2, 0.25) is 0 Å². The van der Waals surface area contributed by atoms with Gasteiger partial charge in [-0.05, 0) is 107 Å². The summed E-state index contributed by atoms with van der Waals surface area (Å²) >= 11 is 0. The monoisotopic (exact) mass is 1040 g/mol. The minimum atomic E-state index is -1.08. The lowest BCUT2D eigenvalue weighted by Gasteiger charge is -2.35. The molecule has 0 bridgehead atoms. The number of aliphatic carboxylic acids is 4. The number of aryl methyl sites for hydroxylation is 1. The zero-order valence-electron chi connectivity index (χ0n) is 43.2. The van der Waals surface area contributed by atoms with E-state index in [0.29, 0.717) is 68.8 Å². The van der Waals surface area contributed by atoms with Crippen LogP contribution in [0.5, 0.6) is 0 Å². The molecule has 3 atom stereocenters. The molecule has 3 fully saturated rings. The van der Waals surface area contributed by atoms with Crippen molar-refractivity contribution in [3.8, 4) is 11.8 Å². The van der Waals surface area contributed by atoms with E-state index in [-0.39, 0.29) is 103 Å². The molecule has 5 rings (SSSR count). The van der Waals surface area contributed by atoms with Gasteiger partial charge in [-0.2, -0.15) is 0 Å². The number of amides is 4. The van der Waals surface area contributed by atoms with Gasteiger partial charge >= 0.3 is 23.9 Å². The third kappa shape index (κ3) is 22.1. The third-order valence-electron chi connectivity index (χ3n) is 14.0. The molecule has 75 heavy (non-hydrogen) atoms. The van der Waals surface area contributed by atoms with Crippen molar-refractivity contribution in [1.82, 2.24) is 50.8 Å². The number of rotatable bonds is 23. The van der Waals surface area contributed by atoms with Crippen molar-refractivity contribution in [2.45, 2.75) is 83.2 Å². The number of carboxylic acids is 4. The van der Waals surface area contributed by atoms with Crippen molar-refractivity contribution in [1.29, 1.82) is 0 Å². The molecule has 1 aromatic carbocycles. The lowest BCUT2D eigenvalue weighted by molar-refractivity contribution is -0.140. The van der Waals surface area contributed by atoms with E-state index in [2.05, 4.69) is 38.1 Å². The van der Waals surface area contributed by atoms with Gasteiger partial charge in [0.05, 0.1) is 50.6 Å². The maximum atomic E-state index is 13.6. The number of nitrogens with one attached hydrogen (secondary N) is 4. The molecular weight excluding hydrogens is 969 g/mol. The first-order valence-corrected chi connectivity index (χ1v) is 26.2. The predicted octanol–water partition coefficient (Wildman–Crippen LogP) is 0.551. The largest absolute Gasteiger partial charge is 0.481 e. The Morgan fingerprint density at radius 2 is 1.36 bits per heavy atom. The summed E-state index contributed by atoms with van der Waals surface area (Å²) in [5.74, 6) is 1.12. The van der Waals surface area contributed by atoms with E-state index in [1.807, 2.05) is 29.2 Å². The van der Waals surface area contributed by atoms with Gasteiger partial charge in [0, 0.05) is 102 Å². The van der Waals surface area contributed by atoms with Crippen LogP contribution in [0, 0.1) is 23.7 Å². The summed E-state index contributed by atoms with van der Waals surface area (Å²) in [7, 11) is 0. The summed E-state index contributed by atoms with van der Waals surface area (Å²) in [6.45, 7) is 5.84. The molecule has 3 aliphatic rings. The standard InChI is InChI=1S/C53H76N10O12/c1-38(62-26-24-60(36-50(70)71)22-20-59(35-49(68)69)21-23-61(25-27-62)37-51(72)73)52(74)57-33-46(64)56-16-3-2-6-40-7-4-8-41(28-40)10-11-42-29-44(32-55-31-42)45(30-48(66)67)58-53(75)43-9-5-19-63(34-43)47(65)13-12-39-14-17-54-18-15-39/h4,7-8,28-29,31-32,38-39,43,45,54H,2-3,5-6,9,12-27,30,33-37H2,1H3,(H,56,64)(H,57,74)(H,58,75)(H,66,67)(H,68,69)(H,70,71)(H,72,73). The molecular formula is C53H76N10O12. The molecule has 22 nitrogen and oxygen atoms in total. The van der Waals surface area contributed by atoms with Gasteiger partial charge in [0.15, 0.2) is 0 Å². The van der Waals surface area contributed by atoms with Gasteiger partial charge in [-0.15, -0.1) is 0 Å². The van der Waals surface area contributed by atoms with Crippen LogP contribution in [0.25, 0.3) is 0 Å². The molecule has 0 spiro atoms. The highest BCUT2D eigenvalue weighted by Gasteiger charge is 2.31. The third-order valence-corrected chi connectivity index (χ3v) is 14.0. The Balaban J connectivity index is 1.06. The van der Waals surface area contributed by atoms with Crippen LogP contribution in [0.1, 0.15) is 93.0 Å². The molecule has 22 heteroatoms. The van der Waals surface area contributed by atoms with Crippen molar-refractivity contribution in [3.63, 3.8) is 0 Å². The van der Waals surface area contributed by atoms with E-state index < -0.39 is 47.8 Å². The maximum Gasteiger partial charge on any atom is 0.317 e. The van der Waals surface area contributed by atoms with Crippen molar-refractivity contribution in [2.24, 2.45) is 11.8 Å². The molecule has 1 aromatic heterocycles. The molecule has 8 N–H and O–H groups in total. The highest BCUT2D eigenvalue weighted by Crippen LogP contribution is 2.24. The minimum Gasteiger partial charge on any atom is -0.481 e. The van der Waals surface area contributed by atoms with Crippen molar-refractivity contribution >= 4 is 47.5 Å². The molecule has 0 radical (unpaired) electrons. The Labute approximate surface area is 438 Å². The van der Waals surface area contributed by atoms with Crippen LogP contribution < -0.4 is 21.3 Å². The molecule has 3 aliphatic heterocycles. The fourth-order valence-corrected chi connectivity index (χ4v) is 9.67. The van der Waals surface area contributed by atoms with E-state index in [4.69, 9.17) is 0 Å². The summed E-state index contributed by atoms with van der Waals surface area (Å²) in [5.41, 5.74) is 2.85. The second-order valence-electron chi connectivity index (χ2n) is 19.8. The Bertz CT molecular complexity index is 2290. The Hall–Kier alpha value is -6.51. The molecule has 0 aliphatic carbocycles. The topological polar surface area (TPSA) is 295 Å². The normalized spacial score (nSPS) is 18.7. The average molecular weight is 1050 g/mol. The first kappa shape index (κ1) is 59.4. The lowest BCUT2D eigenvalue weighted by Crippen LogP contribution is -2.53. The number of hydrogen-bond donors (Lipinski definition) is 8. The fraction of sp³-hybridized carbons (Fsp3) is 0.604. The summed E-state index contributed by atoms with van der Waals surface area (Å²) in [5, 5.41) is 50.0. The van der Waals surface area contributed by atoms with Crippen LogP contribution in [-0.2, 0) is 44.8 Å². The van der Waals surface area contributed by atoms with E-state index in [0.717, 1.165) is 49.9 Å². The molecule has 4 heterocycles. The van der Waals surface area contributed by atoms with Crippen molar-refractivity contribution < 1.29 is 58.8 Å². The summed E-state index contributed by atoms with van der Waals surface area (Å²) in [4.78, 5) is 112. The van der Waals surface area contributed by atoms with Gasteiger partial charge in [0.1, 0.15) is 0 Å². The number of carboxylic acid groups (broad SMARTS) is 4. The number of benzene rings is 1. The van der Waals surface area contributed by atoms with Crippen LogP contribution >= 0.6 is 0 Å². The smallest absolute Gasteiger partial charge is 0.317 e. The number of piperidine rings is 2. The zero-order valence-corrected chi connectivity index (χ0v) is 43.2. The van der Waals surface area contributed by atoms with Crippen LogP contribution in [0.15, 0.2) is 42.7 Å². The highest BCUT2D eigenvalue weighted by atomic mass is 16.4. The number of hydrogen-bond acceptors (Lipinski definition) is 14. The molecule has 410 valence electrons. The van der Waals surface area contributed by atoms with Crippen molar-refractivity contribution in [2.75, 3.05) is 111 Å². The van der Waals surface area contributed by atoms with Gasteiger partial charge in [0.2, 0.25) is 23.6 Å². The zero-order chi connectivity index (χ0) is 54.1. The van der Waals surface area contributed by atoms with Gasteiger partial charge in [-0.25, -0.2) is 0 Å². The van der Waals surface area contributed by atoms with E-state index in [1.54, 1.807) is 38.8 Å². The molecule has 3 saturated heterocycles. The first-order chi connectivity index (χ1) is 36.0. The Morgan fingerprint density at radius 1 is 0.733 bits per heavy atom. The first-order valence-electron chi connectivity index (χ1n) is 26.2. The molecule has 4 amide bonds. The summed E-state index contributed by atoms with van der Waals surface area (Å²) < 4.78 is 0. The van der Waals surface area contributed by atoms with E-state index >= 15 is 0 Å². The highest BCUT2D eigenvalue weighted by molar-refractivity contribution is 5.87. The van der Waals surface area contributed by atoms with Gasteiger partial charge in [-0.1, -0.05) is 24.0 Å². The number of carbonyl (C=O) groups is 8. The lowest BCUT2D eigenvalue weighted by atomic mass is 9.92. The second-order valence-corrected chi connectivity index (χ2v) is 19.8. The van der Waals surface area contributed by atoms with Gasteiger partial charge < -0.3 is 46.6 Å². The summed E-state index contributed by atoms with van der Waals surface area (Å²) in [6, 6.07) is 7.89. The number of pyridine rings is 1. The summed E-state index contributed by atoms with van der Waals surface area (Å²) in [6.07, 6.45) is 9.63. The fourth-order valence-electron chi connectivity index (χ4n) is 9.67. The van der Waals surface area contributed by atoms with Crippen molar-refractivity contribution in [3.05, 3.63) is 65.0 Å². The number of aromatic nitrogens is 1. The molecule has 0 saturated carbocycles. The number of carbonyl (C=O) groups excluding carboxylic acids is 4. The second kappa shape index (κ2) is 31.4. The van der Waals surface area contributed by atoms with E-state index in [1.165, 1.54) is 6.20 Å². The van der Waals surface area contributed by atoms with Gasteiger partial charge in [-0.3, -0.25) is 62.9 Å². The average Bonchev–Trinajstić information content (AvgIpc) is 3.38. The number of nitrogens with zero attached hydrogens (tertiary/aromatic N) is 6. The Kier molecular flexibility index (Phi) is 24.8. The van der Waals surface area contributed by atoms with Crippen LogP contribution in [-0.4, -0.2) is 215 Å². The SMILES string of the molecule is CC(C(=O)NCC(=O)NCCCCc1cccc(C#Cc2cncc(C(CC(=O)O)NC(=O)C3CCCN(C(=O)CCC4CCNCC4)C3)c2)c1)N1CCN(CC(=O)O)CCN(CC(=O)O)CCN(CC(=O)O)CC1. The number of likely N-dealkylation sites (tertiary alicyclic amines) is 1. The Morgan fingerprint density at radius 3 is 1.99 bits per heavy atom. The van der Waals surface area contributed by atoms with E-state index in [9.17, 15) is 58.8 Å². The predicted molar refractivity (Wildman–Crippen MR) is 276 cm³/mol. The van der Waals surface area contributed by atoms with Crippen LogP contribution in [0.3, 0.4) is 0 Å².